The molecule has 152 valence electrons. The van der Waals surface area contributed by atoms with Crippen molar-refractivity contribution in [1.29, 1.82) is 0 Å². The summed E-state index contributed by atoms with van der Waals surface area (Å²) in [6.45, 7) is 0.633. The quantitative estimate of drug-likeness (QED) is 0.785. The highest BCUT2D eigenvalue weighted by molar-refractivity contribution is 6.00. The molecule has 0 radical (unpaired) electrons. The van der Waals surface area contributed by atoms with Crippen LogP contribution in [0.1, 0.15) is 12.0 Å². The van der Waals surface area contributed by atoms with Crippen LogP contribution in [-0.2, 0) is 15.8 Å². The lowest BCUT2D eigenvalue weighted by atomic mass is 10.0. The first-order valence-corrected chi connectivity index (χ1v) is 9.16. The van der Waals surface area contributed by atoms with Gasteiger partial charge < -0.3 is 14.5 Å². The van der Waals surface area contributed by atoms with Crippen LogP contribution in [0.2, 0.25) is 0 Å². The molecule has 0 saturated carbocycles. The van der Waals surface area contributed by atoms with E-state index in [9.17, 15) is 22.8 Å². The van der Waals surface area contributed by atoms with Crippen LogP contribution in [0.5, 0.6) is 5.88 Å². The summed E-state index contributed by atoms with van der Waals surface area (Å²) in [5, 5.41) is 0. The Balaban J connectivity index is 1.34. The normalized spacial score (nSPS) is 20.0. The Bertz CT molecular complexity index is 914. The Morgan fingerprint density at radius 3 is 2.48 bits per heavy atom. The van der Waals surface area contributed by atoms with Gasteiger partial charge in [-0.05, 0) is 24.3 Å². The summed E-state index contributed by atoms with van der Waals surface area (Å²) >= 11 is 0. The van der Waals surface area contributed by atoms with Gasteiger partial charge in [-0.2, -0.15) is 13.2 Å². The molecule has 3 heterocycles. The second kappa shape index (κ2) is 7.38. The van der Waals surface area contributed by atoms with Crippen molar-refractivity contribution in [2.45, 2.75) is 18.7 Å². The van der Waals surface area contributed by atoms with Gasteiger partial charge in [0.25, 0.3) is 0 Å². The molecule has 29 heavy (non-hydrogen) atoms. The van der Waals surface area contributed by atoms with Gasteiger partial charge in [-0.15, -0.1) is 0 Å². The summed E-state index contributed by atoms with van der Waals surface area (Å²) in [4.78, 5) is 31.7. The van der Waals surface area contributed by atoms with Gasteiger partial charge in [-0.1, -0.05) is 18.2 Å². The number of benzene rings is 1. The molecule has 6 nitrogen and oxygen atoms in total. The third-order valence-electron chi connectivity index (χ3n) is 5.06. The van der Waals surface area contributed by atoms with E-state index in [4.69, 9.17) is 4.74 Å². The van der Waals surface area contributed by atoms with Gasteiger partial charge in [0.1, 0.15) is 11.7 Å². The van der Waals surface area contributed by atoms with E-state index in [0.29, 0.717) is 6.54 Å². The average molecular weight is 405 g/mol. The molecular weight excluding hydrogens is 387 g/mol. The van der Waals surface area contributed by atoms with Gasteiger partial charge in [0.05, 0.1) is 19.0 Å². The van der Waals surface area contributed by atoms with Crippen molar-refractivity contribution >= 4 is 17.5 Å². The van der Waals surface area contributed by atoms with Gasteiger partial charge in [-0.25, -0.2) is 4.98 Å². The largest absolute Gasteiger partial charge is 0.470 e. The number of aromatic nitrogens is 1. The van der Waals surface area contributed by atoms with E-state index in [2.05, 4.69) is 4.98 Å². The number of hydrogen-bond acceptors (Lipinski definition) is 4. The third kappa shape index (κ3) is 3.90. The zero-order valence-corrected chi connectivity index (χ0v) is 15.3. The fraction of sp³-hybridized carbons (Fsp3) is 0.350. The molecule has 9 heteroatoms. The van der Waals surface area contributed by atoms with E-state index in [1.54, 1.807) is 4.90 Å². The molecule has 1 aromatic carbocycles. The van der Waals surface area contributed by atoms with E-state index in [-0.39, 0.29) is 31.3 Å². The highest BCUT2D eigenvalue weighted by atomic mass is 19.4. The van der Waals surface area contributed by atoms with Crippen LogP contribution in [-0.4, -0.2) is 47.4 Å². The summed E-state index contributed by atoms with van der Waals surface area (Å²) in [5.74, 6) is -1.26. The molecule has 2 amide bonds. The van der Waals surface area contributed by atoms with Crippen molar-refractivity contribution in [1.82, 2.24) is 9.88 Å². The number of carbonyl (C=O) groups is 2. The van der Waals surface area contributed by atoms with Crippen molar-refractivity contribution < 1.29 is 27.5 Å². The predicted molar refractivity (Wildman–Crippen MR) is 97.1 cm³/mol. The number of alkyl halides is 3. The summed E-state index contributed by atoms with van der Waals surface area (Å²) < 4.78 is 44.4. The maximum Gasteiger partial charge on any atom is 0.421 e. The van der Waals surface area contributed by atoms with E-state index < -0.39 is 29.6 Å². The maximum atomic E-state index is 13.0. The number of pyridine rings is 1. The smallest absolute Gasteiger partial charge is 0.421 e. The van der Waals surface area contributed by atoms with Gasteiger partial charge in [-0.3, -0.25) is 9.59 Å². The number of carbonyl (C=O) groups excluding carboxylic acids is 2. The van der Waals surface area contributed by atoms with Gasteiger partial charge in [0.2, 0.25) is 17.7 Å². The molecule has 0 bridgehead atoms. The number of amides is 2. The molecule has 1 atom stereocenters. The highest BCUT2D eigenvalue weighted by Gasteiger charge is 2.42. The van der Waals surface area contributed by atoms with E-state index in [1.807, 2.05) is 30.3 Å². The Morgan fingerprint density at radius 2 is 1.79 bits per heavy atom. The lowest BCUT2D eigenvalue weighted by Crippen LogP contribution is -2.58. The van der Waals surface area contributed by atoms with E-state index in [1.165, 1.54) is 17.2 Å². The van der Waals surface area contributed by atoms with Crippen molar-refractivity contribution in [2.24, 2.45) is 5.92 Å². The first-order valence-electron chi connectivity index (χ1n) is 9.16. The predicted octanol–water partition coefficient (Wildman–Crippen LogP) is 2.74. The lowest BCUT2D eigenvalue weighted by Gasteiger charge is -2.40. The van der Waals surface area contributed by atoms with Crippen LogP contribution in [0.25, 0.3) is 0 Å². The van der Waals surface area contributed by atoms with E-state index in [0.717, 1.165) is 11.8 Å². The topological polar surface area (TPSA) is 62.7 Å². The summed E-state index contributed by atoms with van der Waals surface area (Å²) in [6.07, 6.45) is -3.77. The minimum atomic E-state index is -4.56. The van der Waals surface area contributed by atoms with Crippen LogP contribution in [0, 0.1) is 5.92 Å². The zero-order chi connectivity index (χ0) is 20.6. The second-order valence-corrected chi connectivity index (χ2v) is 7.08. The molecule has 2 aliphatic rings. The SMILES string of the molecule is O=C(C1CC(=O)N(c2ccccc2)C1)N1CC(Oc2ncccc2C(F)(F)F)C1. The first kappa shape index (κ1) is 19.2. The monoisotopic (exact) mass is 405 g/mol. The molecule has 0 aliphatic carbocycles. The minimum absolute atomic E-state index is 0.119. The maximum absolute atomic E-state index is 13.0. The van der Waals surface area contributed by atoms with Crippen LogP contribution in [0.15, 0.2) is 48.7 Å². The second-order valence-electron chi connectivity index (χ2n) is 7.08. The standard InChI is InChI=1S/C20H18F3N3O3/c21-20(22,23)16-7-4-8-24-18(16)29-15-11-25(12-15)19(28)13-9-17(27)26(10-13)14-5-2-1-3-6-14/h1-8,13,15H,9-12H2. The zero-order valence-electron chi connectivity index (χ0n) is 15.3. The number of ether oxygens (including phenoxy) is 1. The molecule has 2 aliphatic heterocycles. The Labute approximate surface area is 164 Å². The fourth-order valence-corrected chi connectivity index (χ4v) is 3.54. The number of nitrogens with zero attached hydrogens (tertiary/aromatic N) is 3. The number of hydrogen-bond donors (Lipinski definition) is 0. The van der Waals surface area contributed by atoms with E-state index >= 15 is 0 Å². The van der Waals surface area contributed by atoms with Crippen molar-refractivity contribution in [3.63, 3.8) is 0 Å². The first-order chi connectivity index (χ1) is 13.8. The van der Waals surface area contributed by atoms with Crippen LogP contribution in [0.3, 0.4) is 0 Å². The van der Waals surface area contributed by atoms with Crippen LogP contribution < -0.4 is 9.64 Å². The molecule has 1 aromatic heterocycles. The summed E-state index contributed by atoms with van der Waals surface area (Å²) in [6, 6.07) is 11.2. The minimum Gasteiger partial charge on any atom is -0.470 e. The third-order valence-corrected chi connectivity index (χ3v) is 5.06. The molecule has 2 fully saturated rings. The Hall–Kier alpha value is -3.10. The van der Waals surface area contributed by atoms with Crippen molar-refractivity contribution in [3.05, 3.63) is 54.2 Å². The van der Waals surface area contributed by atoms with Gasteiger partial charge >= 0.3 is 6.18 Å². The summed E-state index contributed by atoms with van der Waals surface area (Å²) in [5.41, 5.74) is -0.197. The van der Waals surface area contributed by atoms with Crippen molar-refractivity contribution in [2.75, 3.05) is 24.5 Å². The molecule has 2 saturated heterocycles. The van der Waals surface area contributed by atoms with Crippen molar-refractivity contribution in [3.8, 4) is 5.88 Å². The van der Waals surface area contributed by atoms with Gasteiger partial charge in [0, 0.05) is 24.8 Å². The lowest BCUT2D eigenvalue weighted by molar-refractivity contribution is -0.147. The molecule has 2 aromatic rings. The Morgan fingerprint density at radius 1 is 1.07 bits per heavy atom. The molecular formula is C20H18F3N3O3. The fourth-order valence-electron chi connectivity index (χ4n) is 3.54. The summed E-state index contributed by atoms with van der Waals surface area (Å²) in [7, 11) is 0. The number of para-hydroxylation sites is 1. The Kier molecular flexibility index (Phi) is 4.89. The number of anilines is 1. The van der Waals surface area contributed by atoms with Crippen LogP contribution >= 0.6 is 0 Å². The molecule has 1 unspecified atom stereocenters. The highest BCUT2D eigenvalue weighted by Crippen LogP contribution is 2.36. The van der Waals surface area contributed by atoms with Gasteiger partial charge in [0.15, 0.2) is 0 Å². The van der Waals surface area contributed by atoms with Crippen LogP contribution in [0.4, 0.5) is 18.9 Å². The molecule has 0 spiro atoms. The average Bonchev–Trinajstić information content (AvgIpc) is 3.06. The number of halogens is 3. The molecule has 4 rings (SSSR count). The molecule has 0 N–H and O–H groups in total. The number of rotatable bonds is 4. The number of likely N-dealkylation sites (tertiary alicyclic amines) is 1.